The summed E-state index contributed by atoms with van der Waals surface area (Å²) in [6, 6.07) is 5.89. The minimum absolute atomic E-state index is 0.0747. The summed E-state index contributed by atoms with van der Waals surface area (Å²) in [5, 5.41) is 9.17. The standard InChI is InChI=1S/C14H16F2O2/c1-2-6-14(15,16)11-5-3-4-10(9-11)13(7-8-13)12(17)18/h3-5,9H,2,6-8H2,1H3,(H,17,18). The summed E-state index contributed by atoms with van der Waals surface area (Å²) >= 11 is 0. The summed E-state index contributed by atoms with van der Waals surface area (Å²) in [5.74, 6) is -3.79. The number of rotatable bonds is 5. The molecule has 98 valence electrons. The van der Waals surface area contributed by atoms with Gasteiger partial charge in [0.25, 0.3) is 5.92 Å². The molecule has 2 nitrogen and oxygen atoms in total. The minimum atomic E-state index is -2.88. The molecule has 1 N–H and O–H groups in total. The first-order valence-corrected chi connectivity index (χ1v) is 6.14. The van der Waals surface area contributed by atoms with Crippen LogP contribution in [0.1, 0.15) is 43.7 Å². The second kappa shape index (κ2) is 4.34. The average molecular weight is 254 g/mol. The van der Waals surface area contributed by atoms with Gasteiger partial charge in [-0.2, -0.15) is 0 Å². The van der Waals surface area contributed by atoms with Crippen LogP contribution in [0.15, 0.2) is 24.3 Å². The Morgan fingerprint density at radius 3 is 2.61 bits per heavy atom. The number of carbonyl (C=O) groups is 1. The SMILES string of the molecule is CCCC(F)(F)c1cccc(C2(C(=O)O)CC2)c1. The third kappa shape index (κ3) is 2.11. The Hall–Kier alpha value is -1.45. The van der Waals surface area contributed by atoms with E-state index in [2.05, 4.69) is 0 Å². The summed E-state index contributed by atoms with van der Waals surface area (Å²) in [5.41, 5.74) is -0.490. The smallest absolute Gasteiger partial charge is 0.314 e. The Morgan fingerprint density at radius 1 is 1.44 bits per heavy atom. The topological polar surface area (TPSA) is 37.3 Å². The molecule has 0 heterocycles. The monoisotopic (exact) mass is 254 g/mol. The molecule has 0 aromatic heterocycles. The molecule has 2 rings (SSSR count). The van der Waals surface area contributed by atoms with Gasteiger partial charge in [-0.25, -0.2) is 8.78 Å². The lowest BCUT2D eigenvalue weighted by Crippen LogP contribution is -2.21. The lowest BCUT2D eigenvalue weighted by molar-refractivity contribution is -0.140. The van der Waals surface area contributed by atoms with Crippen molar-refractivity contribution >= 4 is 5.97 Å². The Labute approximate surface area is 105 Å². The number of hydrogen-bond donors (Lipinski definition) is 1. The highest BCUT2D eigenvalue weighted by molar-refractivity contribution is 5.84. The van der Waals surface area contributed by atoms with Crippen LogP contribution in [0.2, 0.25) is 0 Å². The molecule has 1 saturated carbocycles. The first-order valence-electron chi connectivity index (χ1n) is 6.14. The van der Waals surface area contributed by atoms with Crippen LogP contribution >= 0.6 is 0 Å². The fourth-order valence-corrected chi connectivity index (χ4v) is 2.25. The van der Waals surface area contributed by atoms with Gasteiger partial charge >= 0.3 is 5.97 Å². The van der Waals surface area contributed by atoms with Crippen molar-refractivity contribution in [3.8, 4) is 0 Å². The molecule has 1 aromatic rings. The van der Waals surface area contributed by atoms with E-state index in [4.69, 9.17) is 5.11 Å². The molecule has 1 aromatic carbocycles. The molecule has 1 fully saturated rings. The quantitative estimate of drug-likeness (QED) is 0.870. The molecule has 0 atom stereocenters. The van der Waals surface area contributed by atoms with Crippen LogP contribution in [0.25, 0.3) is 0 Å². The van der Waals surface area contributed by atoms with E-state index in [1.807, 2.05) is 0 Å². The highest BCUT2D eigenvalue weighted by Crippen LogP contribution is 2.49. The largest absolute Gasteiger partial charge is 0.481 e. The van der Waals surface area contributed by atoms with Crippen LogP contribution in [-0.2, 0) is 16.1 Å². The molecule has 1 aliphatic carbocycles. The van der Waals surface area contributed by atoms with Crippen molar-refractivity contribution in [2.45, 2.75) is 43.9 Å². The average Bonchev–Trinajstić information content (AvgIpc) is 3.10. The number of carboxylic acids is 1. The van der Waals surface area contributed by atoms with E-state index < -0.39 is 17.3 Å². The van der Waals surface area contributed by atoms with Crippen LogP contribution in [0, 0.1) is 0 Å². The van der Waals surface area contributed by atoms with Crippen molar-refractivity contribution in [2.75, 3.05) is 0 Å². The van der Waals surface area contributed by atoms with Gasteiger partial charge in [0, 0.05) is 12.0 Å². The van der Waals surface area contributed by atoms with Gasteiger partial charge in [-0.1, -0.05) is 31.5 Å². The molecule has 0 radical (unpaired) electrons. The fraction of sp³-hybridized carbons (Fsp3) is 0.500. The van der Waals surface area contributed by atoms with Crippen molar-refractivity contribution in [3.63, 3.8) is 0 Å². The highest BCUT2D eigenvalue weighted by atomic mass is 19.3. The third-order valence-corrected chi connectivity index (χ3v) is 3.56. The number of carboxylic acid groups (broad SMARTS) is 1. The van der Waals surface area contributed by atoms with Crippen molar-refractivity contribution in [2.24, 2.45) is 0 Å². The zero-order valence-electron chi connectivity index (χ0n) is 10.2. The molecule has 0 saturated heterocycles. The van der Waals surface area contributed by atoms with E-state index in [1.54, 1.807) is 13.0 Å². The minimum Gasteiger partial charge on any atom is -0.481 e. The van der Waals surface area contributed by atoms with Gasteiger partial charge in [-0.3, -0.25) is 4.79 Å². The predicted molar refractivity (Wildman–Crippen MR) is 63.8 cm³/mol. The van der Waals surface area contributed by atoms with Gasteiger partial charge in [-0.05, 0) is 24.5 Å². The van der Waals surface area contributed by atoms with E-state index >= 15 is 0 Å². The Morgan fingerprint density at radius 2 is 2.11 bits per heavy atom. The van der Waals surface area contributed by atoms with Crippen molar-refractivity contribution < 1.29 is 18.7 Å². The van der Waals surface area contributed by atoms with Crippen LogP contribution in [-0.4, -0.2) is 11.1 Å². The molecular formula is C14H16F2O2. The highest BCUT2D eigenvalue weighted by Gasteiger charge is 2.52. The number of alkyl halides is 2. The summed E-state index contributed by atoms with van der Waals surface area (Å²) in [4.78, 5) is 11.2. The van der Waals surface area contributed by atoms with Gasteiger partial charge in [0.15, 0.2) is 0 Å². The van der Waals surface area contributed by atoms with Gasteiger partial charge in [-0.15, -0.1) is 0 Å². The Balaban J connectivity index is 2.34. The number of halogens is 2. The normalized spacial score (nSPS) is 17.5. The molecular weight excluding hydrogens is 238 g/mol. The summed E-state index contributed by atoms with van der Waals surface area (Å²) in [6.07, 6.45) is 1.24. The first-order chi connectivity index (χ1) is 8.42. The van der Waals surface area contributed by atoms with E-state index in [-0.39, 0.29) is 12.0 Å². The number of benzene rings is 1. The van der Waals surface area contributed by atoms with E-state index in [0.29, 0.717) is 24.8 Å². The molecule has 0 aliphatic heterocycles. The summed E-state index contributed by atoms with van der Waals surface area (Å²) in [7, 11) is 0. The maximum atomic E-state index is 13.8. The summed E-state index contributed by atoms with van der Waals surface area (Å²) < 4.78 is 27.6. The predicted octanol–water partition coefficient (Wildman–Crippen LogP) is 3.69. The van der Waals surface area contributed by atoms with Crippen LogP contribution in [0.3, 0.4) is 0 Å². The third-order valence-electron chi connectivity index (χ3n) is 3.56. The van der Waals surface area contributed by atoms with E-state index in [9.17, 15) is 13.6 Å². The number of aliphatic carboxylic acids is 1. The molecule has 0 bridgehead atoms. The molecule has 18 heavy (non-hydrogen) atoms. The van der Waals surface area contributed by atoms with Crippen molar-refractivity contribution in [1.82, 2.24) is 0 Å². The van der Waals surface area contributed by atoms with Gasteiger partial charge < -0.3 is 5.11 Å². The molecule has 0 unspecified atom stereocenters. The second-order valence-corrected chi connectivity index (χ2v) is 4.92. The van der Waals surface area contributed by atoms with Gasteiger partial charge in [0.1, 0.15) is 0 Å². The zero-order valence-corrected chi connectivity index (χ0v) is 10.2. The molecule has 0 amide bonds. The maximum absolute atomic E-state index is 13.8. The number of hydrogen-bond acceptors (Lipinski definition) is 1. The zero-order chi connectivity index (χ0) is 13.4. The van der Waals surface area contributed by atoms with Crippen LogP contribution in [0.5, 0.6) is 0 Å². The maximum Gasteiger partial charge on any atom is 0.314 e. The van der Waals surface area contributed by atoms with Gasteiger partial charge in [0.05, 0.1) is 5.41 Å². The van der Waals surface area contributed by atoms with E-state index in [1.165, 1.54) is 18.2 Å². The fourth-order valence-electron chi connectivity index (χ4n) is 2.25. The summed E-state index contributed by atoms with van der Waals surface area (Å²) in [6.45, 7) is 1.71. The van der Waals surface area contributed by atoms with Crippen LogP contribution < -0.4 is 0 Å². The molecule has 1 aliphatic rings. The lowest BCUT2D eigenvalue weighted by atomic mass is 9.92. The second-order valence-electron chi connectivity index (χ2n) is 4.92. The van der Waals surface area contributed by atoms with Crippen LogP contribution in [0.4, 0.5) is 8.78 Å². The van der Waals surface area contributed by atoms with Crippen molar-refractivity contribution in [3.05, 3.63) is 35.4 Å². The Bertz CT molecular complexity index is 465. The van der Waals surface area contributed by atoms with Crippen molar-refractivity contribution in [1.29, 1.82) is 0 Å². The molecule has 0 spiro atoms. The van der Waals surface area contributed by atoms with E-state index in [0.717, 1.165) is 0 Å². The molecule has 4 heteroatoms. The van der Waals surface area contributed by atoms with Gasteiger partial charge in [0.2, 0.25) is 0 Å². The lowest BCUT2D eigenvalue weighted by Gasteiger charge is -2.18. The Kier molecular flexibility index (Phi) is 3.13. The first kappa shape index (κ1) is 13.0.